The summed E-state index contributed by atoms with van der Waals surface area (Å²) in [5.41, 5.74) is 4.05. The molecular formula is C16H16F4N4O3S. The Morgan fingerprint density at radius 1 is 1.25 bits per heavy atom. The molecule has 0 unspecified atom stereocenters. The fourth-order valence-corrected chi connectivity index (χ4v) is 3.05. The van der Waals surface area contributed by atoms with Crippen LogP contribution in [0.5, 0.6) is 0 Å². The molecule has 0 radical (unpaired) electrons. The van der Waals surface area contributed by atoms with Crippen LogP contribution < -0.4 is 15.2 Å². The molecule has 0 atom stereocenters. The maximum absolute atomic E-state index is 14.4. The molecule has 7 nitrogen and oxygen atoms in total. The van der Waals surface area contributed by atoms with Crippen molar-refractivity contribution in [3.05, 3.63) is 59.7 Å². The van der Waals surface area contributed by atoms with E-state index in [0.717, 1.165) is 16.6 Å². The standard InChI is InChI=1S/C16H16F4N4O3S/c1-28(26,27)24(13-3-2-6-21-9-13)10-12-5-4-11(7-14(12)17)8-22-23-15(25)16(18,19)20/h2-7,9,22H,8,10H2,1H3,(H,23,25). The molecule has 2 aromatic rings. The third-order valence-corrected chi connectivity index (χ3v) is 4.66. The first-order valence-corrected chi connectivity index (χ1v) is 9.58. The van der Waals surface area contributed by atoms with Gasteiger partial charge in [0.25, 0.3) is 0 Å². The van der Waals surface area contributed by atoms with Crippen molar-refractivity contribution in [1.82, 2.24) is 15.8 Å². The number of halogens is 4. The summed E-state index contributed by atoms with van der Waals surface area (Å²) in [7, 11) is -3.72. The molecule has 28 heavy (non-hydrogen) atoms. The monoisotopic (exact) mass is 420 g/mol. The first-order valence-electron chi connectivity index (χ1n) is 7.73. The maximum atomic E-state index is 14.4. The lowest BCUT2D eigenvalue weighted by Gasteiger charge is -2.22. The molecular weight excluding hydrogens is 404 g/mol. The summed E-state index contributed by atoms with van der Waals surface area (Å²) >= 11 is 0. The van der Waals surface area contributed by atoms with Gasteiger partial charge in [0, 0.05) is 18.3 Å². The molecule has 0 aliphatic carbocycles. The second-order valence-electron chi connectivity index (χ2n) is 5.71. The van der Waals surface area contributed by atoms with E-state index in [1.165, 1.54) is 42.1 Å². The van der Waals surface area contributed by atoms with Crippen molar-refractivity contribution in [3.8, 4) is 0 Å². The lowest BCUT2D eigenvalue weighted by Crippen LogP contribution is -2.44. The number of hydrazine groups is 1. The van der Waals surface area contributed by atoms with Crippen LogP contribution in [0.2, 0.25) is 0 Å². The second kappa shape index (κ2) is 8.52. The fourth-order valence-electron chi connectivity index (χ4n) is 2.18. The first kappa shape index (κ1) is 21.6. The third kappa shape index (κ3) is 5.89. The number of hydrogen-bond donors (Lipinski definition) is 2. The summed E-state index contributed by atoms with van der Waals surface area (Å²) in [4.78, 5) is 14.5. The third-order valence-electron chi connectivity index (χ3n) is 3.52. The van der Waals surface area contributed by atoms with E-state index in [0.29, 0.717) is 0 Å². The molecule has 0 fully saturated rings. The van der Waals surface area contributed by atoms with Crippen LogP contribution in [0.4, 0.5) is 23.2 Å². The Morgan fingerprint density at radius 3 is 2.50 bits per heavy atom. The Hall–Kier alpha value is -2.73. The smallest absolute Gasteiger partial charge is 0.283 e. The summed E-state index contributed by atoms with van der Waals surface area (Å²) in [5.74, 6) is -2.93. The number of sulfonamides is 1. The van der Waals surface area contributed by atoms with E-state index in [4.69, 9.17) is 0 Å². The number of rotatable bonds is 7. The molecule has 2 N–H and O–H groups in total. The second-order valence-corrected chi connectivity index (χ2v) is 7.62. The zero-order chi connectivity index (χ0) is 20.9. The summed E-state index contributed by atoms with van der Waals surface area (Å²) in [6.07, 6.45) is -1.28. The highest BCUT2D eigenvalue weighted by atomic mass is 32.2. The minimum Gasteiger partial charge on any atom is -0.283 e. The van der Waals surface area contributed by atoms with Crippen molar-refractivity contribution in [2.24, 2.45) is 0 Å². The van der Waals surface area contributed by atoms with Gasteiger partial charge >= 0.3 is 12.1 Å². The van der Waals surface area contributed by atoms with Crippen LogP contribution in [0.3, 0.4) is 0 Å². The molecule has 0 spiro atoms. The fraction of sp³-hybridized carbons (Fsp3) is 0.250. The van der Waals surface area contributed by atoms with Gasteiger partial charge in [0.1, 0.15) is 5.82 Å². The number of carbonyl (C=O) groups excluding carboxylic acids is 1. The predicted octanol–water partition coefficient (Wildman–Crippen LogP) is 1.87. The van der Waals surface area contributed by atoms with Crippen LogP contribution in [0.15, 0.2) is 42.7 Å². The van der Waals surface area contributed by atoms with Crippen molar-refractivity contribution in [1.29, 1.82) is 0 Å². The van der Waals surface area contributed by atoms with Gasteiger partial charge in [-0.3, -0.25) is 19.5 Å². The van der Waals surface area contributed by atoms with Gasteiger partial charge in [-0.25, -0.2) is 18.2 Å². The van der Waals surface area contributed by atoms with E-state index in [2.05, 4.69) is 4.98 Å². The number of pyridine rings is 1. The normalized spacial score (nSPS) is 11.9. The number of aromatic nitrogens is 1. The van der Waals surface area contributed by atoms with Gasteiger partial charge in [-0.05, 0) is 23.8 Å². The number of amides is 1. The topological polar surface area (TPSA) is 91.4 Å². The molecule has 0 aliphatic heterocycles. The molecule has 1 amide bonds. The predicted molar refractivity (Wildman–Crippen MR) is 92.7 cm³/mol. The van der Waals surface area contributed by atoms with Crippen molar-refractivity contribution in [2.75, 3.05) is 10.6 Å². The van der Waals surface area contributed by atoms with Gasteiger partial charge in [-0.1, -0.05) is 12.1 Å². The van der Waals surface area contributed by atoms with E-state index in [1.807, 2.05) is 5.43 Å². The number of anilines is 1. The Kier molecular flexibility index (Phi) is 6.56. The van der Waals surface area contributed by atoms with Crippen LogP contribution in [0.25, 0.3) is 0 Å². The highest BCUT2D eigenvalue weighted by Crippen LogP contribution is 2.21. The van der Waals surface area contributed by atoms with Crippen molar-refractivity contribution >= 4 is 21.6 Å². The van der Waals surface area contributed by atoms with Gasteiger partial charge in [0.05, 0.1) is 24.7 Å². The zero-order valence-corrected chi connectivity index (χ0v) is 15.3. The van der Waals surface area contributed by atoms with Crippen molar-refractivity contribution in [2.45, 2.75) is 19.3 Å². The summed E-state index contributed by atoms with van der Waals surface area (Å²) in [6.45, 7) is -0.563. The Bertz CT molecular complexity index is 937. The summed E-state index contributed by atoms with van der Waals surface area (Å²) < 4.78 is 75.6. The zero-order valence-electron chi connectivity index (χ0n) is 14.5. The number of carbonyl (C=O) groups is 1. The average molecular weight is 420 g/mol. The van der Waals surface area contributed by atoms with Crippen LogP contribution >= 0.6 is 0 Å². The Balaban J connectivity index is 2.10. The van der Waals surface area contributed by atoms with Crippen LogP contribution in [-0.4, -0.2) is 31.7 Å². The number of nitrogens with zero attached hydrogens (tertiary/aromatic N) is 2. The quantitative estimate of drug-likeness (QED) is 0.527. The molecule has 0 saturated heterocycles. The van der Waals surface area contributed by atoms with Crippen molar-refractivity contribution < 1.29 is 30.8 Å². The van der Waals surface area contributed by atoms with Crippen LogP contribution in [0, 0.1) is 5.82 Å². The molecule has 2 rings (SSSR count). The van der Waals surface area contributed by atoms with Gasteiger partial charge in [0.15, 0.2) is 0 Å². The maximum Gasteiger partial charge on any atom is 0.472 e. The number of benzene rings is 1. The molecule has 12 heteroatoms. The lowest BCUT2D eigenvalue weighted by molar-refractivity contribution is -0.174. The molecule has 152 valence electrons. The highest BCUT2D eigenvalue weighted by molar-refractivity contribution is 7.92. The van der Waals surface area contributed by atoms with Crippen molar-refractivity contribution in [3.63, 3.8) is 0 Å². The summed E-state index contributed by atoms with van der Waals surface area (Å²) in [6, 6.07) is 6.79. The van der Waals surface area contributed by atoms with E-state index >= 15 is 0 Å². The number of nitrogens with one attached hydrogen (secondary N) is 2. The minimum absolute atomic E-state index is 0.0531. The molecule has 1 aromatic carbocycles. The molecule has 0 aliphatic rings. The molecule has 1 heterocycles. The first-order chi connectivity index (χ1) is 13.0. The van der Waals surface area contributed by atoms with E-state index in [1.54, 1.807) is 0 Å². The van der Waals surface area contributed by atoms with E-state index in [9.17, 15) is 30.8 Å². The molecule has 0 saturated carbocycles. The van der Waals surface area contributed by atoms with E-state index in [-0.39, 0.29) is 29.9 Å². The minimum atomic E-state index is -5.04. The van der Waals surface area contributed by atoms with Gasteiger partial charge < -0.3 is 0 Å². The van der Waals surface area contributed by atoms with Crippen LogP contribution in [-0.2, 0) is 27.9 Å². The largest absolute Gasteiger partial charge is 0.472 e. The average Bonchev–Trinajstić information content (AvgIpc) is 2.59. The summed E-state index contributed by atoms with van der Waals surface area (Å²) in [5, 5.41) is 0. The van der Waals surface area contributed by atoms with Gasteiger partial charge in [0.2, 0.25) is 10.0 Å². The number of hydrogen-bond acceptors (Lipinski definition) is 5. The number of alkyl halides is 3. The Labute approximate surface area is 158 Å². The van der Waals surface area contributed by atoms with E-state index < -0.39 is 27.9 Å². The Morgan fingerprint density at radius 2 is 1.96 bits per heavy atom. The molecule has 1 aromatic heterocycles. The SMILES string of the molecule is CS(=O)(=O)N(Cc1ccc(CNNC(=O)C(F)(F)F)cc1F)c1cccnc1. The lowest BCUT2D eigenvalue weighted by atomic mass is 10.1. The van der Waals surface area contributed by atoms with Gasteiger partial charge in [-0.15, -0.1) is 0 Å². The van der Waals surface area contributed by atoms with Crippen LogP contribution in [0.1, 0.15) is 11.1 Å². The molecule has 0 bridgehead atoms. The van der Waals surface area contributed by atoms with Gasteiger partial charge in [-0.2, -0.15) is 13.2 Å². The highest BCUT2D eigenvalue weighted by Gasteiger charge is 2.38.